The van der Waals surface area contributed by atoms with Crippen LogP contribution in [0.5, 0.6) is 11.5 Å². The number of nitrogens with zero attached hydrogens (tertiary/aromatic N) is 1. The van der Waals surface area contributed by atoms with Gasteiger partial charge in [0.05, 0.1) is 24.7 Å². The lowest BCUT2D eigenvalue weighted by Crippen LogP contribution is -2.09. The second kappa shape index (κ2) is 7.26. The van der Waals surface area contributed by atoms with Gasteiger partial charge in [-0.1, -0.05) is 18.2 Å². The normalized spacial score (nSPS) is 10.0. The van der Waals surface area contributed by atoms with Crippen LogP contribution < -0.4 is 9.47 Å². The average Bonchev–Trinajstić information content (AvgIpc) is 2.58. The number of esters is 1. The van der Waals surface area contributed by atoms with Gasteiger partial charge in [0, 0.05) is 6.07 Å². The molecule has 0 aromatic heterocycles. The first-order chi connectivity index (χ1) is 11.1. The lowest BCUT2D eigenvalue weighted by Gasteiger charge is -2.12. The van der Waals surface area contributed by atoms with Gasteiger partial charge in [0.2, 0.25) is 0 Å². The highest BCUT2D eigenvalue weighted by atomic mass is 16.6. The molecule has 0 fully saturated rings. The van der Waals surface area contributed by atoms with Crippen molar-refractivity contribution in [3.05, 3.63) is 63.7 Å². The van der Waals surface area contributed by atoms with Gasteiger partial charge < -0.3 is 14.2 Å². The Labute approximate surface area is 132 Å². The lowest BCUT2D eigenvalue weighted by atomic mass is 10.1. The van der Waals surface area contributed by atoms with Crippen molar-refractivity contribution in [2.45, 2.75) is 6.61 Å². The number of methoxy groups -OCH3 is 2. The van der Waals surface area contributed by atoms with Crippen molar-refractivity contribution in [3.8, 4) is 11.5 Å². The van der Waals surface area contributed by atoms with Crippen LogP contribution in [0.15, 0.2) is 42.5 Å². The van der Waals surface area contributed by atoms with Crippen LogP contribution in [0.3, 0.4) is 0 Å². The van der Waals surface area contributed by atoms with E-state index in [1.807, 2.05) is 0 Å². The van der Waals surface area contributed by atoms with Crippen molar-refractivity contribution < 1.29 is 23.9 Å². The fourth-order valence-corrected chi connectivity index (χ4v) is 2.08. The third kappa shape index (κ3) is 3.57. The number of para-hydroxylation sites is 2. The number of hydrogen-bond acceptors (Lipinski definition) is 6. The molecular formula is C16H15NO6. The SMILES string of the molecule is COc1cccc(C(=O)OCc2ccccc2[N+](=O)[O-])c1OC. The quantitative estimate of drug-likeness (QED) is 0.462. The van der Waals surface area contributed by atoms with Crippen LogP contribution in [0.2, 0.25) is 0 Å². The van der Waals surface area contributed by atoms with Gasteiger partial charge in [-0.25, -0.2) is 4.79 Å². The van der Waals surface area contributed by atoms with Crippen LogP contribution in [0.25, 0.3) is 0 Å². The topological polar surface area (TPSA) is 87.9 Å². The summed E-state index contributed by atoms with van der Waals surface area (Å²) >= 11 is 0. The Morgan fingerprint density at radius 2 is 1.83 bits per heavy atom. The lowest BCUT2D eigenvalue weighted by molar-refractivity contribution is -0.385. The van der Waals surface area contributed by atoms with E-state index in [0.717, 1.165) is 0 Å². The van der Waals surface area contributed by atoms with Crippen molar-refractivity contribution in [2.24, 2.45) is 0 Å². The molecule has 0 unspecified atom stereocenters. The van der Waals surface area contributed by atoms with E-state index in [2.05, 4.69) is 0 Å². The van der Waals surface area contributed by atoms with Crippen molar-refractivity contribution in [1.29, 1.82) is 0 Å². The summed E-state index contributed by atoms with van der Waals surface area (Å²) in [6, 6.07) is 10.9. The predicted octanol–water partition coefficient (Wildman–Crippen LogP) is 2.97. The molecule has 0 aliphatic rings. The average molecular weight is 317 g/mol. The summed E-state index contributed by atoms with van der Waals surface area (Å²) < 4.78 is 15.5. The fourth-order valence-electron chi connectivity index (χ4n) is 2.08. The first-order valence-electron chi connectivity index (χ1n) is 6.69. The molecule has 0 aliphatic heterocycles. The maximum absolute atomic E-state index is 12.2. The first-order valence-corrected chi connectivity index (χ1v) is 6.69. The summed E-state index contributed by atoms with van der Waals surface area (Å²) in [7, 11) is 2.87. The van der Waals surface area contributed by atoms with Gasteiger partial charge in [-0.15, -0.1) is 0 Å². The van der Waals surface area contributed by atoms with Crippen molar-refractivity contribution >= 4 is 11.7 Å². The zero-order chi connectivity index (χ0) is 16.8. The molecule has 0 saturated carbocycles. The van der Waals surface area contributed by atoms with E-state index in [1.54, 1.807) is 24.3 Å². The molecule has 2 aromatic carbocycles. The minimum absolute atomic E-state index is 0.0992. The van der Waals surface area contributed by atoms with E-state index in [-0.39, 0.29) is 23.6 Å². The molecule has 0 saturated heterocycles. The van der Waals surface area contributed by atoms with Crippen LogP contribution in [0, 0.1) is 10.1 Å². The molecule has 7 nitrogen and oxygen atoms in total. The van der Waals surface area contributed by atoms with Crippen LogP contribution in [-0.2, 0) is 11.3 Å². The van der Waals surface area contributed by atoms with Gasteiger partial charge in [-0.3, -0.25) is 10.1 Å². The van der Waals surface area contributed by atoms with E-state index in [0.29, 0.717) is 11.3 Å². The summed E-state index contributed by atoms with van der Waals surface area (Å²) in [6.07, 6.45) is 0. The molecule has 7 heteroatoms. The molecule has 0 atom stereocenters. The second-order valence-corrected chi connectivity index (χ2v) is 4.50. The highest BCUT2D eigenvalue weighted by molar-refractivity contribution is 5.93. The molecule has 0 radical (unpaired) electrons. The Balaban J connectivity index is 2.20. The highest BCUT2D eigenvalue weighted by Crippen LogP contribution is 2.31. The number of nitro benzene ring substituents is 1. The molecule has 23 heavy (non-hydrogen) atoms. The Kier molecular flexibility index (Phi) is 5.14. The molecular weight excluding hydrogens is 302 g/mol. The zero-order valence-corrected chi connectivity index (χ0v) is 12.6. The van der Waals surface area contributed by atoms with Crippen LogP contribution in [0.4, 0.5) is 5.69 Å². The Hall–Kier alpha value is -3.09. The zero-order valence-electron chi connectivity index (χ0n) is 12.6. The maximum Gasteiger partial charge on any atom is 0.342 e. The number of rotatable bonds is 6. The third-order valence-corrected chi connectivity index (χ3v) is 3.17. The number of benzene rings is 2. The summed E-state index contributed by atoms with van der Waals surface area (Å²) in [5, 5.41) is 10.9. The molecule has 0 aliphatic carbocycles. The minimum atomic E-state index is -0.654. The Morgan fingerprint density at radius 1 is 1.09 bits per heavy atom. The van der Waals surface area contributed by atoms with Crippen molar-refractivity contribution in [3.63, 3.8) is 0 Å². The number of nitro groups is 1. The maximum atomic E-state index is 12.2. The van der Waals surface area contributed by atoms with E-state index >= 15 is 0 Å². The summed E-state index contributed by atoms with van der Waals surface area (Å²) in [5.41, 5.74) is 0.399. The molecule has 2 aromatic rings. The number of carbonyl (C=O) groups is 1. The number of hydrogen-bond donors (Lipinski definition) is 0. The van der Waals surface area contributed by atoms with E-state index in [1.165, 1.54) is 32.4 Å². The first kappa shape index (κ1) is 16.3. The highest BCUT2D eigenvalue weighted by Gasteiger charge is 2.19. The van der Waals surface area contributed by atoms with Gasteiger partial charge in [0.15, 0.2) is 11.5 Å². The largest absolute Gasteiger partial charge is 0.493 e. The molecule has 0 N–H and O–H groups in total. The Morgan fingerprint density at radius 3 is 2.48 bits per heavy atom. The number of carbonyl (C=O) groups excluding carboxylic acids is 1. The monoisotopic (exact) mass is 317 g/mol. The van der Waals surface area contributed by atoms with Crippen LogP contribution in [-0.4, -0.2) is 25.1 Å². The van der Waals surface area contributed by atoms with E-state index in [4.69, 9.17) is 14.2 Å². The van der Waals surface area contributed by atoms with Crippen LogP contribution >= 0.6 is 0 Å². The molecule has 120 valence electrons. The third-order valence-electron chi connectivity index (χ3n) is 3.17. The summed E-state index contributed by atoms with van der Waals surface area (Å²) in [6.45, 7) is -0.212. The van der Waals surface area contributed by atoms with Crippen molar-refractivity contribution in [2.75, 3.05) is 14.2 Å². The van der Waals surface area contributed by atoms with Gasteiger partial charge >= 0.3 is 5.97 Å². The van der Waals surface area contributed by atoms with Gasteiger partial charge in [-0.2, -0.15) is 0 Å². The fraction of sp³-hybridized carbons (Fsp3) is 0.188. The molecule has 0 heterocycles. The van der Waals surface area contributed by atoms with Gasteiger partial charge in [0.1, 0.15) is 12.2 Å². The summed E-state index contributed by atoms with van der Waals surface area (Å²) in [4.78, 5) is 22.6. The van der Waals surface area contributed by atoms with Crippen molar-refractivity contribution in [1.82, 2.24) is 0 Å². The second-order valence-electron chi connectivity index (χ2n) is 4.50. The van der Waals surface area contributed by atoms with E-state index in [9.17, 15) is 14.9 Å². The predicted molar refractivity (Wildman–Crippen MR) is 81.8 cm³/mol. The molecule has 0 amide bonds. The molecule has 0 spiro atoms. The minimum Gasteiger partial charge on any atom is -0.493 e. The Bertz CT molecular complexity index is 728. The smallest absolute Gasteiger partial charge is 0.342 e. The van der Waals surface area contributed by atoms with Gasteiger partial charge in [0.25, 0.3) is 5.69 Å². The summed E-state index contributed by atoms with van der Waals surface area (Å²) in [5.74, 6) is -0.00546. The standard InChI is InChI=1S/C16H15NO6/c1-21-14-9-5-7-12(15(14)22-2)16(18)23-10-11-6-3-4-8-13(11)17(19)20/h3-9H,10H2,1-2H3. The van der Waals surface area contributed by atoms with Gasteiger partial charge in [-0.05, 0) is 18.2 Å². The molecule has 0 bridgehead atoms. The number of ether oxygens (including phenoxy) is 3. The van der Waals surface area contributed by atoms with Crippen LogP contribution in [0.1, 0.15) is 15.9 Å². The molecule has 2 rings (SSSR count). The van der Waals surface area contributed by atoms with E-state index < -0.39 is 10.9 Å².